The first-order valence-electron chi connectivity index (χ1n) is 6.56. The zero-order valence-electron chi connectivity index (χ0n) is 11.4. The lowest BCUT2D eigenvalue weighted by molar-refractivity contribution is 0.147. The van der Waals surface area contributed by atoms with Gasteiger partial charge >= 0.3 is 0 Å². The summed E-state index contributed by atoms with van der Waals surface area (Å²) >= 11 is 1.67. The van der Waals surface area contributed by atoms with E-state index in [0.717, 1.165) is 37.1 Å². The molecule has 1 unspecified atom stereocenters. The van der Waals surface area contributed by atoms with E-state index in [1.807, 2.05) is 30.9 Å². The van der Waals surface area contributed by atoms with Crippen LogP contribution in [0, 0.1) is 0 Å². The van der Waals surface area contributed by atoms with Crippen molar-refractivity contribution in [3.63, 3.8) is 0 Å². The second kappa shape index (κ2) is 7.25. The van der Waals surface area contributed by atoms with Crippen LogP contribution in [-0.4, -0.2) is 34.3 Å². The minimum Gasteiger partial charge on any atom is -0.382 e. The van der Waals surface area contributed by atoms with Gasteiger partial charge in [0.2, 0.25) is 5.95 Å². The SMILES string of the molecule is CCOCCCNc1nccn1C(C)c1nccs1. The Morgan fingerprint density at radius 1 is 1.42 bits per heavy atom. The molecule has 0 bridgehead atoms. The normalized spacial score (nSPS) is 12.5. The molecule has 0 radical (unpaired) electrons. The highest BCUT2D eigenvalue weighted by Crippen LogP contribution is 2.22. The zero-order valence-corrected chi connectivity index (χ0v) is 12.2. The number of nitrogens with zero attached hydrogens (tertiary/aromatic N) is 3. The molecule has 6 heteroatoms. The molecule has 0 saturated heterocycles. The van der Waals surface area contributed by atoms with Gasteiger partial charge in [0, 0.05) is 43.7 Å². The van der Waals surface area contributed by atoms with Gasteiger partial charge in [-0.25, -0.2) is 9.97 Å². The van der Waals surface area contributed by atoms with Crippen LogP contribution in [0.2, 0.25) is 0 Å². The monoisotopic (exact) mass is 280 g/mol. The second-order valence-electron chi connectivity index (χ2n) is 4.18. The van der Waals surface area contributed by atoms with Gasteiger partial charge in [-0.3, -0.25) is 0 Å². The number of aromatic nitrogens is 3. The van der Waals surface area contributed by atoms with Crippen LogP contribution in [-0.2, 0) is 4.74 Å². The maximum atomic E-state index is 5.31. The Labute approximate surface area is 117 Å². The summed E-state index contributed by atoms with van der Waals surface area (Å²) in [7, 11) is 0. The lowest BCUT2D eigenvalue weighted by Crippen LogP contribution is -2.13. The van der Waals surface area contributed by atoms with E-state index in [1.54, 1.807) is 11.3 Å². The predicted octanol–water partition coefficient (Wildman–Crippen LogP) is 2.79. The molecular weight excluding hydrogens is 260 g/mol. The molecule has 0 fully saturated rings. The van der Waals surface area contributed by atoms with E-state index in [-0.39, 0.29) is 6.04 Å². The van der Waals surface area contributed by atoms with Crippen LogP contribution in [0.5, 0.6) is 0 Å². The van der Waals surface area contributed by atoms with Gasteiger partial charge in [-0.1, -0.05) is 0 Å². The Balaban J connectivity index is 1.90. The summed E-state index contributed by atoms with van der Waals surface area (Å²) in [5.41, 5.74) is 0. The van der Waals surface area contributed by atoms with E-state index in [1.165, 1.54) is 0 Å². The number of imidazole rings is 1. The maximum absolute atomic E-state index is 5.31. The third-order valence-electron chi connectivity index (χ3n) is 2.85. The Bertz CT molecular complexity index is 469. The minimum atomic E-state index is 0.205. The van der Waals surface area contributed by atoms with Gasteiger partial charge in [0.25, 0.3) is 0 Å². The Morgan fingerprint density at radius 2 is 2.32 bits per heavy atom. The van der Waals surface area contributed by atoms with Crippen LogP contribution in [0.4, 0.5) is 5.95 Å². The highest BCUT2D eigenvalue weighted by Gasteiger charge is 2.13. The van der Waals surface area contributed by atoms with Crippen molar-refractivity contribution in [1.82, 2.24) is 14.5 Å². The number of anilines is 1. The average molecular weight is 280 g/mol. The molecule has 0 saturated carbocycles. The highest BCUT2D eigenvalue weighted by molar-refractivity contribution is 7.09. The largest absolute Gasteiger partial charge is 0.382 e. The topological polar surface area (TPSA) is 52.0 Å². The molecule has 0 aliphatic carbocycles. The fraction of sp³-hybridized carbons (Fsp3) is 0.538. The molecule has 0 spiro atoms. The van der Waals surface area contributed by atoms with Crippen molar-refractivity contribution in [3.8, 4) is 0 Å². The first-order chi connectivity index (χ1) is 9.33. The zero-order chi connectivity index (χ0) is 13.5. The van der Waals surface area contributed by atoms with E-state index in [0.29, 0.717) is 0 Å². The Kier molecular flexibility index (Phi) is 5.35. The summed E-state index contributed by atoms with van der Waals surface area (Å²) in [4.78, 5) is 8.71. The van der Waals surface area contributed by atoms with Crippen LogP contribution in [0.3, 0.4) is 0 Å². The van der Waals surface area contributed by atoms with Crippen molar-refractivity contribution in [2.45, 2.75) is 26.3 Å². The standard InChI is InChI=1S/C13H20N4OS/c1-3-18-9-4-5-15-13-16-6-8-17(13)11(2)12-14-7-10-19-12/h6-8,10-11H,3-5,9H2,1-2H3,(H,15,16). The smallest absolute Gasteiger partial charge is 0.203 e. The van der Waals surface area contributed by atoms with E-state index in [2.05, 4.69) is 26.8 Å². The number of nitrogens with one attached hydrogen (secondary N) is 1. The number of hydrogen-bond acceptors (Lipinski definition) is 5. The molecule has 19 heavy (non-hydrogen) atoms. The molecule has 0 aliphatic heterocycles. The molecule has 2 rings (SSSR count). The molecule has 2 aromatic rings. The van der Waals surface area contributed by atoms with Crippen molar-refractivity contribution >= 4 is 17.3 Å². The molecule has 5 nitrogen and oxygen atoms in total. The van der Waals surface area contributed by atoms with E-state index in [4.69, 9.17) is 4.74 Å². The number of ether oxygens (including phenoxy) is 1. The number of thiazole rings is 1. The molecular formula is C13H20N4OS. The third-order valence-corrected chi connectivity index (χ3v) is 3.79. The average Bonchev–Trinajstić information content (AvgIpc) is 3.09. The Morgan fingerprint density at radius 3 is 3.05 bits per heavy atom. The fourth-order valence-electron chi connectivity index (χ4n) is 1.84. The predicted molar refractivity (Wildman–Crippen MR) is 77.8 cm³/mol. The van der Waals surface area contributed by atoms with Gasteiger partial charge in [0.15, 0.2) is 0 Å². The van der Waals surface area contributed by atoms with Gasteiger partial charge in [0.05, 0.1) is 6.04 Å². The van der Waals surface area contributed by atoms with Crippen LogP contribution in [0.15, 0.2) is 24.0 Å². The second-order valence-corrected chi connectivity index (χ2v) is 5.11. The van der Waals surface area contributed by atoms with E-state index >= 15 is 0 Å². The molecule has 0 amide bonds. The van der Waals surface area contributed by atoms with Crippen molar-refractivity contribution in [3.05, 3.63) is 29.0 Å². The number of hydrogen-bond donors (Lipinski definition) is 1. The summed E-state index contributed by atoms with van der Waals surface area (Å²) < 4.78 is 7.42. The molecule has 2 aromatic heterocycles. The van der Waals surface area contributed by atoms with E-state index < -0.39 is 0 Å². The van der Waals surface area contributed by atoms with Gasteiger partial charge < -0.3 is 14.6 Å². The summed E-state index contributed by atoms with van der Waals surface area (Å²) in [6.07, 6.45) is 6.61. The van der Waals surface area contributed by atoms with Gasteiger partial charge in [0.1, 0.15) is 5.01 Å². The molecule has 1 atom stereocenters. The van der Waals surface area contributed by atoms with E-state index in [9.17, 15) is 0 Å². The molecule has 104 valence electrons. The Hall–Kier alpha value is -1.40. The van der Waals surface area contributed by atoms with Crippen molar-refractivity contribution < 1.29 is 4.74 Å². The highest BCUT2D eigenvalue weighted by atomic mass is 32.1. The first-order valence-corrected chi connectivity index (χ1v) is 7.44. The first kappa shape index (κ1) is 14.0. The summed E-state index contributed by atoms with van der Waals surface area (Å²) in [5.74, 6) is 0.888. The fourth-order valence-corrected chi connectivity index (χ4v) is 2.53. The van der Waals surface area contributed by atoms with Crippen molar-refractivity contribution in [2.75, 3.05) is 25.1 Å². The minimum absolute atomic E-state index is 0.205. The lowest BCUT2D eigenvalue weighted by atomic mass is 10.3. The number of rotatable bonds is 8. The molecule has 2 heterocycles. The van der Waals surface area contributed by atoms with Crippen LogP contribution < -0.4 is 5.32 Å². The van der Waals surface area contributed by atoms with Crippen LogP contribution in [0.1, 0.15) is 31.3 Å². The third kappa shape index (κ3) is 3.78. The van der Waals surface area contributed by atoms with Crippen LogP contribution in [0.25, 0.3) is 0 Å². The van der Waals surface area contributed by atoms with Crippen LogP contribution >= 0.6 is 11.3 Å². The summed E-state index contributed by atoms with van der Waals surface area (Å²) in [6.45, 7) is 6.56. The van der Waals surface area contributed by atoms with Crippen molar-refractivity contribution in [2.24, 2.45) is 0 Å². The maximum Gasteiger partial charge on any atom is 0.203 e. The summed E-state index contributed by atoms with van der Waals surface area (Å²) in [5, 5.41) is 6.43. The van der Waals surface area contributed by atoms with Gasteiger partial charge in [-0.05, 0) is 20.3 Å². The molecule has 1 N–H and O–H groups in total. The van der Waals surface area contributed by atoms with Crippen molar-refractivity contribution in [1.29, 1.82) is 0 Å². The quantitative estimate of drug-likeness (QED) is 0.755. The lowest BCUT2D eigenvalue weighted by Gasteiger charge is -2.14. The van der Waals surface area contributed by atoms with Gasteiger partial charge in [-0.2, -0.15) is 0 Å². The molecule has 0 aliphatic rings. The molecule has 0 aromatic carbocycles. The summed E-state index contributed by atoms with van der Waals surface area (Å²) in [6, 6.07) is 0.205. The van der Waals surface area contributed by atoms with Gasteiger partial charge in [-0.15, -0.1) is 11.3 Å².